The van der Waals surface area contributed by atoms with E-state index in [-0.39, 0.29) is 5.54 Å². The second-order valence-corrected chi connectivity index (χ2v) is 8.75. The predicted molar refractivity (Wildman–Crippen MR) is 105 cm³/mol. The number of aromatic amines is 1. The van der Waals surface area contributed by atoms with Crippen LogP contribution in [0.4, 0.5) is 0 Å². The molecular formula is C22H23N5O. The van der Waals surface area contributed by atoms with E-state index in [9.17, 15) is 0 Å². The number of hydrogen-bond donors (Lipinski definition) is 2. The number of hydrogen-bond acceptors (Lipinski definition) is 5. The number of ether oxygens (including phenoxy) is 1. The zero-order chi connectivity index (χ0) is 18.7. The maximum atomic E-state index is 6.33. The van der Waals surface area contributed by atoms with Gasteiger partial charge in [-0.1, -0.05) is 30.3 Å². The Labute approximate surface area is 163 Å². The fraction of sp³-hybridized carbons (Fsp3) is 0.409. The van der Waals surface area contributed by atoms with Crippen LogP contribution in [0.15, 0.2) is 42.5 Å². The molecule has 2 saturated heterocycles. The van der Waals surface area contributed by atoms with Crippen molar-refractivity contribution in [1.82, 2.24) is 25.9 Å². The van der Waals surface area contributed by atoms with Gasteiger partial charge in [0, 0.05) is 34.2 Å². The Morgan fingerprint density at radius 2 is 2.00 bits per heavy atom. The minimum absolute atomic E-state index is 0.269. The van der Waals surface area contributed by atoms with E-state index < -0.39 is 0 Å². The third-order valence-electron chi connectivity index (χ3n) is 6.79. The SMILES string of the molecule is CC12CCC(CC(C3c4ccccc4Oc4cc(-c5nn[nH]n5)ccc43)C1)N2. The van der Waals surface area contributed by atoms with Gasteiger partial charge in [0.2, 0.25) is 5.82 Å². The molecule has 0 aliphatic carbocycles. The Balaban J connectivity index is 1.46. The lowest BCUT2D eigenvalue weighted by atomic mass is 9.70. The van der Waals surface area contributed by atoms with E-state index >= 15 is 0 Å². The molecule has 3 aliphatic rings. The highest BCUT2D eigenvalue weighted by Crippen LogP contribution is 2.53. The number of H-pyrrole nitrogens is 1. The number of tetrazole rings is 1. The summed E-state index contributed by atoms with van der Waals surface area (Å²) in [7, 11) is 0. The third-order valence-corrected chi connectivity index (χ3v) is 6.79. The van der Waals surface area contributed by atoms with Gasteiger partial charge < -0.3 is 10.1 Å². The molecule has 28 heavy (non-hydrogen) atoms. The fourth-order valence-corrected chi connectivity index (χ4v) is 5.68. The van der Waals surface area contributed by atoms with E-state index in [0.29, 0.717) is 23.7 Å². The van der Waals surface area contributed by atoms with Gasteiger partial charge in [-0.2, -0.15) is 5.21 Å². The molecule has 0 saturated carbocycles. The molecule has 4 atom stereocenters. The van der Waals surface area contributed by atoms with Crippen LogP contribution in [0.3, 0.4) is 0 Å². The lowest BCUT2D eigenvalue weighted by Gasteiger charge is -2.42. The minimum Gasteiger partial charge on any atom is -0.457 e. The molecule has 142 valence electrons. The van der Waals surface area contributed by atoms with Crippen molar-refractivity contribution < 1.29 is 4.74 Å². The molecule has 6 nitrogen and oxygen atoms in total. The highest BCUT2D eigenvalue weighted by molar-refractivity contribution is 5.63. The summed E-state index contributed by atoms with van der Waals surface area (Å²) in [5, 5.41) is 18.3. The predicted octanol–water partition coefficient (Wildman–Crippen LogP) is 4.03. The average Bonchev–Trinajstić information content (AvgIpc) is 3.33. The second kappa shape index (κ2) is 5.88. The van der Waals surface area contributed by atoms with Gasteiger partial charge in [-0.15, -0.1) is 10.2 Å². The largest absolute Gasteiger partial charge is 0.457 e. The highest BCUT2D eigenvalue weighted by atomic mass is 16.5. The fourth-order valence-electron chi connectivity index (χ4n) is 5.68. The number of para-hydroxylation sites is 1. The second-order valence-electron chi connectivity index (χ2n) is 8.75. The van der Waals surface area contributed by atoms with Crippen LogP contribution in [0, 0.1) is 5.92 Å². The van der Waals surface area contributed by atoms with Gasteiger partial charge in [-0.05, 0) is 55.9 Å². The van der Waals surface area contributed by atoms with E-state index in [0.717, 1.165) is 17.1 Å². The van der Waals surface area contributed by atoms with Crippen LogP contribution in [0.2, 0.25) is 0 Å². The lowest BCUT2D eigenvalue weighted by molar-refractivity contribution is 0.205. The molecule has 2 N–H and O–H groups in total. The third kappa shape index (κ3) is 2.48. The van der Waals surface area contributed by atoms with Gasteiger partial charge >= 0.3 is 0 Å². The zero-order valence-corrected chi connectivity index (χ0v) is 15.9. The van der Waals surface area contributed by atoms with Gasteiger partial charge in [-0.25, -0.2) is 0 Å². The van der Waals surface area contributed by atoms with Crippen LogP contribution in [-0.4, -0.2) is 32.2 Å². The van der Waals surface area contributed by atoms with Crippen molar-refractivity contribution in [1.29, 1.82) is 0 Å². The minimum atomic E-state index is 0.269. The molecule has 3 aliphatic heterocycles. The summed E-state index contributed by atoms with van der Waals surface area (Å²) >= 11 is 0. The molecule has 2 aromatic carbocycles. The molecule has 0 radical (unpaired) electrons. The van der Waals surface area contributed by atoms with Crippen molar-refractivity contribution in [3.8, 4) is 22.9 Å². The number of aromatic nitrogens is 4. The topological polar surface area (TPSA) is 75.7 Å². The van der Waals surface area contributed by atoms with Crippen molar-refractivity contribution in [2.24, 2.45) is 5.92 Å². The Morgan fingerprint density at radius 3 is 2.86 bits per heavy atom. The van der Waals surface area contributed by atoms with Gasteiger partial charge in [0.25, 0.3) is 0 Å². The van der Waals surface area contributed by atoms with Crippen LogP contribution in [0.25, 0.3) is 11.4 Å². The van der Waals surface area contributed by atoms with Crippen LogP contribution in [0.5, 0.6) is 11.5 Å². The maximum absolute atomic E-state index is 6.33. The summed E-state index contributed by atoms with van der Waals surface area (Å²) in [4.78, 5) is 0. The first kappa shape index (κ1) is 16.2. The van der Waals surface area contributed by atoms with Gasteiger partial charge in [-0.3, -0.25) is 0 Å². The molecule has 0 amide bonds. The van der Waals surface area contributed by atoms with E-state index in [4.69, 9.17) is 4.74 Å². The van der Waals surface area contributed by atoms with Gasteiger partial charge in [0.1, 0.15) is 11.5 Å². The Kier molecular flexibility index (Phi) is 3.41. The van der Waals surface area contributed by atoms with Crippen LogP contribution < -0.4 is 10.1 Å². The Hall–Kier alpha value is -2.73. The Bertz CT molecular complexity index is 1030. The van der Waals surface area contributed by atoms with Crippen molar-refractivity contribution >= 4 is 0 Å². The molecule has 6 heteroatoms. The number of piperidine rings is 1. The first-order valence-electron chi connectivity index (χ1n) is 10.1. The summed E-state index contributed by atoms with van der Waals surface area (Å²) in [5.74, 6) is 3.46. The molecule has 2 bridgehead atoms. The smallest absolute Gasteiger partial charge is 0.204 e. The maximum Gasteiger partial charge on any atom is 0.204 e. The quantitative estimate of drug-likeness (QED) is 0.709. The molecular weight excluding hydrogens is 350 g/mol. The van der Waals surface area contributed by atoms with Crippen molar-refractivity contribution in [2.45, 2.75) is 50.1 Å². The zero-order valence-electron chi connectivity index (χ0n) is 15.9. The summed E-state index contributed by atoms with van der Waals surface area (Å²) in [6.07, 6.45) is 5.00. The van der Waals surface area contributed by atoms with Crippen LogP contribution in [0.1, 0.15) is 49.7 Å². The monoisotopic (exact) mass is 373 g/mol. The first-order chi connectivity index (χ1) is 13.7. The van der Waals surface area contributed by atoms with Crippen molar-refractivity contribution in [3.05, 3.63) is 53.6 Å². The normalized spacial score (nSPS) is 30.4. The number of rotatable bonds is 2. The summed E-state index contributed by atoms with van der Waals surface area (Å²) in [6, 6.07) is 15.5. The van der Waals surface area contributed by atoms with E-state index in [2.05, 4.69) is 75.3 Å². The molecule has 0 spiro atoms. The summed E-state index contributed by atoms with van der Waals surface area (Å²) in [5.41, 5.74) is 3.78. The van der Waals surface area contributed by atoms with Crippen molar-refractivity contribution in [3.63, 3.8) is 0 Å². The lowest BCUT2D eigenvalue weighted by Crippen LogP contribution is -2.48. The highest BCUT2D eigenvalue weighted by Gasteiger charge is 2.46. The number of nitrogens with zero attached hydrogens (tertiary/aromatic N) is 3. The van der Waals surface area contributed by atoms with E-state index in [1.807, 2.05) is 0 Å². The van der Waals surface area contributed by atoms with E-state index in [1.54, 1.807) is 0 Å². The Morgan fingerprint density at radius 1 is 1.11 bits per heavy atom. The standard InChI is InChI=1S/C22H23N5O/c1-22-9-8-15(23-22)10-14(12-22)20-16-4-2-3-5-18(16)28-19-11-13(6-7-17(19)20)21-24-26-27-25-21/h2-7,11,14-15,20,23H,8-10,12H2,1H3,(H,24,25,26,27). The van der Waals surface area contributed by atoms with Gasteiger partial charge in [0.05, 0.1) is 0 Å². The van der Waals surface area contributed by atoms with Crippen LogP contribution >= 0.6 is 0 Å². The molecule has 4 unspecified atom stereocenters. The van der Waals surface area contributed by atoms with Crippen LogP contribution in [-0.2, 0) is 0 Å². The molecule has 4 heterocycles. The van der Waals surface area contributed by atoms with Crippen molar-refractivity contribution in [2.75, 3.05) is 0 Å². The molecule has 2 fully saturated rings. The first-order valence-corrected chi connectivity index (χ1v) is 10.1. The number of fused-ring (bicyclic) bond motifs is 4. The molecule has 6 rings (SSSR count). The molecule has 1 aromatic heterocycles. The average molecular weight is 373 g/mol. The van der Waals surface area contributed by atoms with Gasteiger partial charge in [0.15, 0.2) is 0 Å². The number of benzene rings is 2. The number of nitrogens with one attached hydrogen (secondary N) is 2. The summed E-state index contributed by atoms with van der Waals surface area (Å²) in [6.45, 7) is 2.39. The molecule has 3 aromatic rings. The summed E-state index contributed by atoms with van der Waals surface area (Å²) < 4.78 is 6.33. The van der Waals surface area contributed by atoms with E-state index in [1.165, 1.54) is 36.8 Å².